The molecule has 1 saturated carbocycles. The van der Waals surface area contributed by atoms with Gasteiger partial charge in [0.15, 0.2) is 0 Å². The highest BCUT2D eigenvalue weighted by molar-refractivity contribution is 4.91. The Balaban J connectivity index is 1.44. The smallest absolute Gasteiger partial charge is 0.0817 e. The van der Waals surface area contributed by atoms with Gasteiger partial charge in [-0.3, -0.25) is 0 Å². The summed E-state index contributed by atoms with van der Waals surface area (Å²) in [6, 6.07) is 0.499. The lowest BCUT2D eigenvalue weighted by molar-refractivity contribution is -0.104. The van der Waals surface area contributed by atoms with Crippen molar-refractivity contribution in [3.8, 4) is 0 Å². The van der Waals surface area contributed by atoms with Crippen LogP contribution in [0.5, 0.6) is 0 Å². The van der Waals surface area contributed by atoms with Crippen molar-refractivity contribution in [3.05, 3.63) is 0 Å². The van der Waals surface area contributed by atoms with E-state index >= 15 is 0 Å². The first-order valence-corrected chi connectivity index (χ1v) is 8.30. The highest BCUT2D eigenvalue weighted by atomic mass is 16.6. The van der Waals surface area contributed by atoms with E-state index in [0.717, 1.165) is 13.2 Å². The Bertz CT molecular complexity index is 288. The molecule has 19 heavy (non-hydrogen) atoms. The standard InChI is InChI=1S/C16H29NO2/c1-13-15(6-5-11-17-13)18-12-14-7-10-16(19-14)8-3-2-4-9-16/h13-15,17H,2-12H2,1H3. The second kappa shape index (κ2) is 6.11. The maximum Gasteiger partial charge on any atom is 0.0817 e. The molecule has 2 aliphatic heterocycles. The summed E-state index contributed by atoms with van der Waals surface area (Å²) in [6.07, 6.45) is 12.3. The van der Waals surface area contributed by atoms with E-state index in [2.05, 4.69) is 12.2 Å². The van der Waals surface area contributed by atoms with Crippen molar-refractivity contribution < 1.29 is 9.47 Å². The molecule has 3 rings (SSSR count). The van der Waals surface area contributed by atoms with Gasteiger partial charge in [0.1, 0.15) is 0 Å². The summed E-state index contributed by atoms with van der Waals surface area (Å²) < 4.78 is 12.5. The van der Waals surface area contributed by atoms with Crippen LogP contribution in [0.2, 0.25) is 0 Å². The van der Waals surface area contributed by atoms with Gasteiger partial charge in [-0.05, 0) is 52.0 Å². The zero-order valence-corrected chi connectivity index (χ0v) is 12.3. The van der Waals surface area contributed by atoms with E-state index in [4.69, 9.17) is 9.47 Å². The van der Waals surface area contributed by atoms with Crippen LogP contribution < -0.4 is 5.32 Å². The molecule has 3 nitrogen and oxygen atoms in total. The van der Waals surface area contributed by atoms with Crippen molar-refractivity contribution in [2.75, 3.05) is 13.2 Å². The summed E-state index contributed by atoms with van der Waals surface area (Å²) in [4.78, 5) is 0. The van der Waals surface area contributed by atoms with Gasteiger partial charge in [0, 0.05) is 6.04 Å². The van der Waals surface area contributed by atoms with Crippen LogP contribution in [0.25, 0.3) is 0 Å². The minimum Gasteiger partial charge on any atom is -0.374 e. The summed E-state index contributed by atoms with van der Waals surface area (Å²) in [5.74, 6) is 0. The quantitative estimate of drug-likeness (QED) is 0.852. The van der Waals surface area contributed by atoms with E-state index in [1.807, 2.05) is 0 Å². The van der Waals surface area contributed by atoms with Crippen LogP contribution in [0.1, 0.15) is 64.7 Å². The van der Waals surface area contributed by atoms with Crippen LogP contribution in [-0.4, -0.2) is 37.0 Å². The first-order chi connectivity index (χ1) is 9.27. The number of nitrogens with one attached hydrogen (secondary N) is 1. The number of ether oxygens (including phenoxy) is 2. The fourth-order valence-electron chi connectivity index (χ4n) is 4.05. The van der Waals surface area contributed by atoms with Crippen molar-refractivity contribution in [1.29, 1.82) is 0 Å². The molecule has 2 heterocycles. The minimum absolute atomic E-state index is 0.239. The Morgan fingerprint density at radius 2 is 1.95 bits per heavy atom. The molecule has 3 heteroatoms. The van der Waals surface area contributed by atoms with Crippen LogP contribution in [0.15, 0.2) is 0 Å². The monoisotopic (exact) mass is 267 g/mol. The predicted molar refractivity (Wildman–Crippen MR) is 76.4 cm³/mol. The van der Waals surface area contributed by atoms with Gasteiger partial charge >= 0.3 is 0 Å². The fourth-order valence-corrected chi connectivity index (χ4v) is 4.05. The SMILES string of the molecule is CC1NCCCC1OCC1CCC2(CCCCC2)O1. The maximum absolute atomic E-state index is 6.37. The molecule has 0 aromatic heterocycles. The molecule has 1 N–H and O–H groups in total. The first-order valence-electron chi connectivity index (χ1n) is 8.30. The number of hydrogen-bond acceptors (Lipinski definition) is 3. The Kier molecular flexibility index (Phi) is 4.45. The lowest BCUT2D eigenvalue weighted by atomic mass is 9.83. The third kappa shape index (κ3) is 3.32. The molecule has 3 aliphatic rings. The molecule has 3 atom stereocenters. The molecule has 0 amide bonds. The topological polar surface area (TPSA) is 30.5 Å². The van der Waals surface area contributed by atoms with Gasteiger partial charge in [0.05, 0.1) is 24.4 Å². The molecule has 0 aromatic carbocycles. The van der Waals surface area contributed by atoms with Crippen LogP contribution in [-0.2, 0) is 9.47 Å². The third-order valence-electron chi connectivity index (χ3n) is 5.29. The Labute approximate surface area is 117 Å². The summed E-state index contributed by atoms with van der Waals surface area (Å²) in [7, 11) is 0. The van der Waals surface area contributed by atoms with E-state index in [9.17, 15) is 0 Å². The molecule has 3 unspecified atom stereocenters. The largest absolute Gasteiger partial charge is 0.374 e. The van der Waals surface area contributed by atoms with Gasteiger partial charge in [-0.2, -0.15) is 0 Å². The zero-order chi connectivity index (χ0) is 13.1. The number of rotatable bonds is 3. The molecule has 0 aromatic rings. The van der Waals surface area contributed by atoms with Crippen molar-refractivity contribution >= 4 is 0 Å². The normalized spacial score (nSPS) is 38.7. The Morgan fingerprint density at radius 3 is 2.74 bits per heavy atom. The van der Waals surface area contributed by atoms with Gasteiger partial charge in [-0.1, -0.05) is 19.3 Å². The molecule has 3 fully saturated rings. The zero-order valence-electron chi connectivity index (χ0n) is 12.3. The van der Waals surface area contributed by atoms with Crippen LogP contribution in [0, 0.1) is 0 Å². The summed E-state index contributed by atoms with van der Waals surface area (Å²) in [5, 5.41) is 3.50. The number of piperidine rings is 1. The van der Waals surface area contributed by atoms with Crippen molar-refractivity contribution in [3.63, 3.8) is 0 Å². The van der Waals surface area contributed by atoms with Crippen LogP contribution in [0.4, 0.5) is 0 Å². The maximum atomic E-state index is 6.37. The average Bonchev–Trinajstić information content (AvgIpc) is 2.82. The van der Waals surface area contributed by atoms with Crippen LogP contribution in [0.3, 0.4) is 0 Å². The van der Waals surface area contributed by atoms with Crippen molar-refractivity contribution in [1.82, 2.24) is 5.32 Å². The van der Waals surface area contributed by atoms with Gasteiger partial charge in [0.2, 0.25) is 0 Å². The van der Waals surface area contributed by atoms with Crippen molar-refractivity contribution in [2.45, 2.75) is 88.6 Å². The lowest BCUT2D eigenvalue weighted by Crippen LogP contribution is -2.45. The summed E-state index contributed by atoms with van der Waals surface area (Å²) in [6.45, 7) is 4.18. The van der Waals surface area contributed by atoms with Crippen LogP contribution >= 0.6 is 0 Å². The summed E-state index contributed by atoms with van der Waals surface area (Å²) >= 11 is 0. The summed E-state index contributed by atoms with van der Waals surface area (Å²) in [5.41, 5.74) is 0.239. The predicted octanol–water partition coefficient (Wildman–Crippen LogP) is 3.03. The molecule has 1 spiro atoms. The van der Waals surface area contributed by atoms with E-state index < -0.39 is 0 Å². The van der Waals surface area contributed by atoms with Gasteiger partial charge in [-0.15, -0.1) is 0 Å². The lowest BCUT2D eigenvalue weighted by Gasteiger charge is -2.34. The minimum atomic E-state index is 0.239. The Hall–Kier alpha value is -0.120. The fraction of sp³-hybridized carbons (Fsp3) is 1.00. The molecular formula is C16H29NO2. The van der Waals surface area contributed by atoms with Gasteiger partial charge < -0.3 is 14.8 Å². The molecule has 2 saturated heterocycles. The molecular weight excluding hydrogens is 238 g/mol. The van der Waals surface area contributed by atoms with E-state index in [1.54, 1.807) is 0 Å². The molecule has 0 radical (unpaired) electrons. The van der Waals surface area contributed by atoms with Gasteiger partial charge in [-0.25, -0.2) is 0 Å². The molecule has 1 aliphatic carbocycles. The van der Waals surface area contributed by atoms with E-state index in [0.29, 0.717) is 18.2 Å². The highest BCUT2D eigenvalue weighted by Gasteiger charge is 2.41. The second-order valence-corrected chi connectivity index (χ2v) is 6.78. The van der Waals surface area contributed by atoms with E-state index in [-0.39, 0.29) is 5.60 Å². The van der Waals surface area contributed by atoms with E-state index in [1.165, 1.54) is 57.8 Å². The second-order valence-electron chi connectivity index (χ2n) is 6.78. The first kappa shape index (κ1) is 13.8. The van der Waals surface area contributed by atoms with Crippen molar-refractivity contribution in [2.24, 2.45) is 0 Å². The molecule has 0 bridgehead atoms. The van der Waals surface area contributed by atoms with Gasteiger partial charge in [0.25, 0.3) is 0 Å². The highest BCUT2D eigenvalue weighted by Crippen LogP contribution is 2.42. The number of hydrogen-bond donors (Lipinski definition) is 1. The Morgan fingerprint density at radius 1 is 1.11 bits per heavy atom. The molecule has 110 valence electrons. The average molecular weight is 267 g/mol. The third-order valence-corrected chi connectivity index (χ3v) is 5.29.